The second-order valence-corrected chi connectivity index (χ2v) is 10.1. The van der Waals surface area contributed by atoms with Gasteiger partial charge in [-0.3, -0.25) is 14.4 Å². The molecule has 3 amide bonds. The van der Waals surface area contributed by atoms with Crippen LogP contribution in [0.2, 0.25) is 0 Å². The molecular formula is C27H39N3O5. The number of aliphatic hydroxyl groups is 1. The number of carbonyl (C=O) groups excluding carboxylic acids is 3. The van der Waals surface area contributed by atoms with Gasteiger partial charge in [0.05, 0.1) is 17.4 Å². The van der Waals surface area contributed by atoms with E-state index >= 15 is 0 Å². The molecule has 0 aliphatic carbocycles. The van der Waals surface area contributed by atoms with Gasteiger partial charge >= 0.3 is 0 Å². The second-order valence-electron chi connectivity index (χ2n) is 10.1. The van der Waals surface area contributed by atoms with E-state index < -0.39 is 29.1 Å². The molecule has 0 radical (unpaired) electrons. The zero-order chi connectivity index (χ0) is 25.1. The predicted octanol–water partition coefficient (Wildman–Crippen LogP) is 2.86. The highest BCUT2D eigenvalue weighted by molar-refractivity contribution is 6.02. The predicted molar refractivity (Wildman–Crippen MR) is 132 cm³/mol. The monoisotopic (exact) mass is 485 g/mol. The van der Waals surface area contributed by atoms with Gasteiger partial charge in [0.2, 0.25) is 17.7 Å². The standard InChI is InChI=1S/C27H39N3O5/c1-3-5-16-28-24(33)22-27-15-14-26(4-2,35-27)20(23(32)29-19-12-8-6-9-13-19)21(27)25(34)30(22)17-10-7-11-18-31/h6,8-9,12-13,20-22,31H,3-5,7,10-11,14-18H2,1-2H3,(H,28,33)(H,29,32)/t20-,21+,22?,26+,27?/m1/s1. The summed E-state index contributed by atoms with van der Waals surface area (Å²) in [7, 11) is 0. The summed E-state index contributed by atoms with van der Waals surface area (Å²) >= 11 is 0. The minimum Gasteiger partial charge on any atom is -0.396 e. The Morgan fingerprint density at radius 1 is 1.09 bits per heavy atom. The minimum absolute atomic E-state index is 0.102. The van der Waals surface area contributed by atoms with Crippen LogP contribution in [0.15, 0.2) is 30.3 Å². The van der Waals surface area contributed by atoms with E-state index in [4.69, 9.17) is 9.84 Å². The molecule has 2 unspecified atom stereocenters. The van der Waals surface area contributed by atoms with Crippen LogP contribution in [0.1, 0.15) is 65.2 Å². The number of likely N-dealkylation sites (tertiary alicyclic amines) is 1. The number of anilines is 1. The van der Waals surface area contributed by atoms with E-state index in [1.165, 1.54) is 0 Å². The summed E-state index contributed by atoms with van der Waals surface area (Å²) in [6, 6.07) is 8.51. The first-order chi connectivity index (χ1) is 16.9. The Morgan fingerprint density at radius 2 is 1.86 bits per heavy atom. The maximum absolute atomic E-state index is 13.9. The van der Waals surface area contributed by atoms with Crippen LogP contribution in [0.5, 0.6) is 0 Å². The molecular weight excluding hydrogens is 446 g/mol. The molecule has 0 aromatic heterocycles. The first-order valence-corrected chi connectivity index (χ1v) is 13.2. The zero-order valence-corrected chi connectivity index (χ0v) is 20.9. The smallest absolute Gasteiger partial charge is 0.245 e. The van der Waals surface area contributed by atoms with Gasteiger partial charge in [-0.25, -0.2) is 0 Å². The van der Waals surface area contributed by atoms with Gasteiger partial charge in [-0.1, -0.05) is 38.5 Å². The third-order valence-electron chi connectivity index (χ3n) is 8.14. The molecule has 1 spiro atoms. The number of ether oxygens (including phenoxy) is 1. The van der Waals surface area contributed by atoms with Crippen molar-refractivity contribution in [1.82, 2.24) is 10.2 Å². The van der Waals surface area contributed by atoms with Crippen LogP contribution in [0, 0.1) is 11.8 Å². The number of hydrogen-bond acceptors (Lipinski definition) is 5. The molecule has 3 heterocycles. The molecule has 3 N–H and O–H groups in total. The molecule has 1 aromatic rings. The van der Waals surface area contributed by atoms with Crippen molar-refractivity contribution in [1.29, 1.82) is 0 Å². The minimum atomic E-state index is -0.987. The number of amides is 3. The van der Waals surface area contributed by atoms with E-state index in [1.54, 1.807) is 4.90 Å². The fraction of sp³-hybridized carbons (Fsp3) is 0.667. The average molecular weight is 486 g/mol. The quantitative estimate of drug-likeness (QED) is 0.395. The largest absolute Gasteiger partial charge is 0.396 e. The van der Waals surface area contributed by atoms with E-state index in [9.17, 15) is 14.4 Å². The molecule has 8 nitrogen and oxygen atoms in total. The van der Waals surface area contributed by atoms with Crippen molar-refractivity contribution in [3.63, 3.8) is 0 Å². The summed E-state index contributed by atoms with van der Waals surface area (Å²) in [5, 5.41) is 15.2. The Hall–Kier alpha value is -2.45. The van der Waals surface area contributed by atoms with Crippen LogP contribution in [0.3, 0.4) is 0 Å². The molecule has 2 bridgehead atoms. The summed E-state index contributed by atoms with van der Waals surface area (Å²) in [6.45, 7) is 5.13. The maximum Gasteiger partial charge on any atom is 0.245 e. The molecule has 35 heavy (non-hydrogen) atoms. The summed E-state index contributed by atoms with van der Waals surface area (Å²) < 4.78 is 6.74. The van der Waals surface area contributed by atoms with Crippen molar-refractivity contribution in [3.05, 3.63) is 30.3 Å². The third kappa shape index (κ3) is 4.47. The Morgan fingerprint density at radius 3 is 2.54 bits per heavy atom. The first-order valence-electron chi connectivity index (χ1n) is 13.2. The molecule has 3 fully saturated rings. The van der Waals surface area contributed by atoms with Crippen LogP contribution in [-0.4, -0.2) is 64.7 Å². The number of aliphatic hydroxyl groups excluding tert-OH is 1. The lowest BCUT2D eigenvalue weighted by Crippen LogP contribution is -2.55. The summed E-state index contributed by atoms with van der Waals surface area (Å²) in [5.74, 6) is -1.90. The van der Waals surface area contributed by atoms with Gasteiger partial charge in [0.25, 0.3) is 0 Å². The third-order valence-corrected chi connectivity index (χ3v) is 8.14. The Labute approximate surface area is 207 Å². The van der Waals surface area contributed by atoms with E-state index in [0.29, 0.717) is 50.9 Å². The lowest BCUT2D eigenvalue weighted by molar-refractivity contribution is -0.146. The van der Waals surface area contributed by atoms with Crippen molar-refractivity contribution >= 4 is 23.4 Å². The number of hydrogen-bond donors (Lipinski definition) is 3. The van der Waals surface area contributed by atoms with Gasteiger partial charge in [-0.15, -0.1) is 0 Å². The van der Waals surface area contributed by atoms with E-state index in [1.807, 2.05) is 37.3 Å². The number of unbranched alkanes of at least 4 members (excludes halogenated alkanes) is 3. The van der Waals surface area contributed by atoms with Crippen LogP contribution in [0.4, 0.5) is 5.69 Å². The molecule has 192 valence electrons. The number of rotatable bonds is 12. The fourth-order valence-electron chi connectivity index (χ4n) is 6.45. The summed E-state index contributed by atoms with van der Waals surface area (Å²) in [6.07, 6.45) is 5.77. The molecule has 0 saturated carbocycles. The first kappa shape index (κ1) is 25.6. The van der Waals surface area contributed by atoms with Gasteiger partial charge in [-0.05, 0) is 57.1 Å². The fourth-order valence-corrected chi connectivity index (χ4v) is 6.45. The Bertz CT molecular complexity index is 925. The molecule has 3 saturated heterocycles. The van der Waals surface area contributed by atoms with Gasteiger partial charge < -0.3 is 25.4 Å². The average Bonchev–Trinajstić information content (AvgIpc) is 3.46. The molecule has 5 atom stereocenters. The second kappa shape index (κ2) is 10.7. The van der Waals surface area contributed by atoms with Gasteiger partial charge in [0, 0.05) is 25.4 Å². The molecule has 8 heteroatoms. The lowest BCUT2D eigenvalue weighted by Gasteiger charge is -2.34. The number of carbonyl (C=O) groups is 3. The number of nitrogens with zero attached hydrogens (tertiary/aromatic N) is 1. The summed E-state index contributed by atoms with van der Waals surface area (Å²) in [5.41, 5.74) is -1.05. The number of benzene rings is 1. The maximum atomic E-state index is 13.9. The number of nitrogens with one attached hydrogen (secondary N) is 2. The van der Waals surface area contributed by atoms with E-state index in [2.05, 4.69) is 17.6 Å². The summed E-state index contributed by atoms with van der Waals surface area (Å²) in [4.78, 5) is 42.8. The van der Waals surface area contributed by atoms with Gasteiger partial charge in [-0.2, -0.15) is 0 Å². The van der Waals surface area contributed by atoms with Crippen LogP contribution < -0.4 is 10.6 Å². The molecule has 4 rings (SSSR count). The highest BCUT2D eigenvalue weighted by Crippen LogP contribution is 2.64. The highest BCUT2D eigenvalue weighted by Gasteiger charge is 2.78. The molecule has 3 aliphatic rings. The van der Waals surface area contributed by atoms with Gasteiger partial charge in [0.15, 0.2) is 0 Å². The Balaban J connectivity index is 1.65. The van der Waals surface area contributed by atoms with Crippen molar-refractivity contribution in [2.45, 2.75) is 82.5 Å². The number of para-hydroxylation sites is 1. The molecule has 1 aromatic carbocycles. The lowest BCUT2D eigenvalue weighted by atomic mass is 9.65. The molecule has 3 aliphatic heterocycles. The SMILES string of the molecule is CCCCNC(=O)C1N(CCCCCO)C(=O)[C@@H]2[C@H](C(=O)Nc3ccccc3)[C@]3(CC)CCC12O3. The van der Waals surface area contributed by atoms with E-state index in [-0.39, 0.29) is 24.3 Å². The topological polar surface area (TPSA) is 108 Å². The Kier molecular flexibility index (Phi) is 7.81. The van der Waals surface area contributed by atoms with Gasteiger partial charge in [0.1, 0.15) is 11.6 Å². The van der Waals surface area contributed by atoms with Crippen LogP contribution in [0.25, 0.3) is 0 Å². The van der Waals surface area contributed by atoms with Crippen LogP contribution in [-0.2, 0) is 19.1 Å². The number of fused-ring (bicyclic) bond motifs is 1. The van der Waals surface area contributed by atoms with Crippen molar-refractivity contribution in [2.75, 3.05) is 25.0 Å². The van der Waals surface area contributed by atoms with Crippen LogP contribution >= 0.6 is 0 Å². The van der Waals surface area contributed by atoms with Crippen molar-refractivity contribution in [2.24, 2.45) is 11.8 Å². The van der Waals surface area contributed by atoms with Crippen molar-refractivity contribution in [3.8, 4) is 0 Å². The van der Waals surface area contributed by atoms with E-state index in [0.717, 1.165) is 19.3 Å². The highest BCUT2D eigenvalue weighted by atomic mass is 16.5. The van der Waals surface area contributed by atoms with Crippen molar-refractivity contribution < 1.29 is 24.2 Å². The normalized spacial score (nSPS) is 31.0. The zero-order valence-electron chi connectivity index (χ0n) is 20.9.